The lowest BCUT2D eigenvalue weighted by Crippen LogP contribution is -2.38. The lowest BCUT2D eigenvalue weighted by molar-refractivity contribution is -0.139. The second kappa shape index (κ2) is 10.9. The second-order valence-electron chi connectivity index (χ2n) is 3.59. The number of unbranched alkanes of at least 4 members (excludes halogenated alkanes) is 1. The Morgan fingerprint density at radius 2 is 2.12 bits per heavy atom. The van der Waals surface area contributed by atoms with E-state index in [0.29, 0.717) is 32.8 Å². The fraction of sp³-hybridized carbons (Fsp3) is 0.909. The largest absolute Gasteiger partial charge is 0.480 e. The molecule has 0 aliphatic carbocycles. The van der Waals surface area contributed by atoms with Crippen LogP contribution in [0, 0.1) is 0 Å². The molecule has 0 amide bonds. The third kappa shape index (κ3) is 8.64. The van der Waals surface area contributed by atoms with Crippen LogP contribution in [0.15, 0.2) is 0 Å². The molecule has 0 aromatic rings. The van der Waals surface area contributed by atoms with E-state index in [4.69, 9.17) is 14.6 Å². The Balaban J connectivity index is 3.48. The molecule has 5 heteroatoms. The van der Waals surface area contributed by atoms with Crippen LogP contribution in [0.4, 0.5) is 0 Å². The van der Waals surface area contributed by atoms with E-state index >= 15 is 0 Å². The van der Waals surface area contributed by atoms with Crippen molar-refractivity contribution in [2.75, 3.05) is 33.5 Å². The Labute approximate surface area is 97.1 Å². The van der Waals surface area contributed by atoms with Crippen LogP contribution < -0.4 is 5.32 Å². The number of hydrogen-bond donors (Lipinski definition) is 2. The van der Waals surface area contributed by atoms with E-state index in [1.54, 1.807) is 7.11 Å². The van der Waals surface area contributed by atoms with Gasteiger partial charge in [-0.05, 0) is 6.42 Å². The predicted molar refractivity (Wildman–Crippen MR) is 61.6 cm³/mol. The van der Waals surface area contributed by atoms with Crippen molar-refractivity contribution in [2.45, 2.75) is 32.2 Å². The summed E-state index contributed by atoms with van der Waals surface area (Å²) < 4.78 is 10.0. The monoisotopic (exact) mass is 233 g/mol. The first-order valence-electron chi connectivity index (χ1n) is 5.75. The number of ether oxygens (including phenoxy) is 2. The molecule has 0 radical (unpaired) electrons. The zero-order chi connectivity index (χ0) is 12.2. The standard InChI is InChI=1S/C11H23NO4/c1-3-4-5-10(11(13)14)12-6-7-16-9-8-15-2/h10,12H,3-9H2,1-2H3,(H,13,14). The number of carboxylic acid groups (broad SMARTS) is 1. The van der Waals surface area contributed by atoms with E-state index in [1.807, 2.05) is 6.92 Å². The first kappa shape index (κ1) is 15.3. The zero-order valence-corrected chi connectivity index (χ0v) is 10.2. The SMILES string of the molecule is CCCCC(NCCOCCOC)C(=O)O. The van der Waals surface area contributed by atoms with E-state index in [9.17, 15) is 4.79 Å². The van der Waals surface area contributed by atoms with Crippen molar-refractivity contribution in [1.82, 2.24) is 5.32 Å². The van der Waals surface area contributed by atoms with Crippen LogP contribution in [0.25, 0.3) is 0 Å². The normalized spacial score (nSPS) is 12.6. The highest BCUT2D eigenvalue weighted by Gasteiger charge is 2.14. The van der Waals surface area contributed by atoms with Crippen molar-refractivity contribution < 1.29 is 19.4 Å². The number of carbonyl (C=O) groups is 1. The minimum absolute atomic E-state index is 0.453. The topological polar surface area (TPSA) is 67.8 Å². The average molecular weight is 233 g/mol. The minimum atomic E-state index is -0.787. The Morgan fingerprint density at radius 3 is 2.69 bits per heavy atom. The van der Waals surface area contributed by atoms with Gasteiger partial charge in [0.25, 0.3) is 0 Å². The molecular weight excluding hydrogens is 210 g/mol. The Bertz CT molecular complexity index is 175. The van der Waals surface area contributed by atoms with E-state index in [-0.39, 0.29) is 0 Å². The number of nitrogens with one attached hydrogen (secondary N) is 1. The molecule has 0 aromatic heterocycles. The van der Waals surface area contributed by atoms with Crippen LogP contribution in [0.1, 0.15) is 26.2 Å². The van der Waals surface area contributed by atoms with Gasteiger partial charge in [-0.25, -0.2) is 0 Å². The molecule has 16 heavy (non-hydrogen) atoms. The maximum atomic E-state index is 10.8. The fourth-order valence-electron chi connectivity index (χ4n) is 1.27. The molecule has 0 spiro atoms. The number of aliphatic carboxylic acids is 1. The van der Waals surface area contributed by atoms with E-state index < -0.39 is 12.0 Å². The summed E-state index contributed by atoms with van der Waals surface area (Å²) in [6.07, 6.45) is 2.61. The van der Waals surface area contributed by atoms with Crippen LogP contribution in [-0.4, -0.2) is 50.6 Å². The summed E-state index contributed by atoms with van der Waals surface area (Å²) in [5.74, 6) is -0.787. The van der Waals surface area contributed by atoms with Crippen molar-refractivity contribution in [3.63, 3.8) is 0 Å². The number of rotatable bonds is 11. The summed E-state index contributed by atoms with van der Waals surface area (Å²) in [5, 5.41) is 11.9. The highest BCUT2D eigenvalue weighted by atomic mass is 16.5. The minimum Gasteiger partial charge on any atom is -0.480 e. The van der Waals surface area contributed by atoms with Crippen molar-refractivity contribution in [1.29, 1.82) is 0 Å². The number of methoxy groups -OCH3 is 1. The maximum Gasteiger partial charge on any atom is 0.320 e. The molecule has 5 nitrogen and oxygen atoms in total. The Morgan fingerprint density at radius 1 is 1.38 bits per heavy atom. The van der Waals surface area contributed by atoms with Gasteiger partial charge in [0.05, 0.1) is 19.8 Å². The van der Waals surface area contributed by atoms with Crippen LogP contribution in [0.2, 0.25) is 0 Å². The highest BCUT2D eigenvalue weighted by Crippen LogP contribution is 2.00. The van der Waals surface area contributed by atoms with Gasteiger partial charge in [-0.1, -0.05) is 19.8 Å². The van der Waals surface area contributed by atoms with Crippen molar-refractivity contribution >= 4 is 5.97 Å². The molecule has 0 aliphatic rings. The van der Waals surface area contributed by atoms with E-state index in [1.165, 1.54) is 0 Å². The maximum absolute atomic E-state index is 10.8. The van der Waals surface area contributed by atoms with Crippen molar-refractivity contribution in [2.24, 2.45) is 0 Å². The third-order valence-corrected chi connectivity index (χ3v) is 2.21. The summed E-state index contributed by atoms with van der Waals surface area (Å²) in [4.78, 5) is 10.8. The highest BCUT2D eigenvalue weighted by molar-refractivity contribution is 5.73. The summed E-state index contributed by atoms with van der Waals surface area (Å²) in [5.41, 5.74) is 0. The van der Waals surface area contributed by atoms with Gasteiger partial charge in [-0.3, -0.25) is 4.79 Å². The summed E-state index contributed by atoms with van der Waals surface area (Å²) in [6, 6.07) is -0.453. The molecule has 96 valence electrons. The van der Waals surface area contributed by atoms with Gasteiger partial charge in [0.2, 0.25) is 0 Å². The van der Waals surface area contributed by atoms with Crippen molar-refractivity contribution in [3.8, 4) is 0 Å². The van der Waals surface area contributed by atoms with Crippen LogP contribution in [-0.2, 0) is 14.3 Å². The molecule has 0 fully saturated rings. The molecule has 1 unspecified atom stereocenters. The third-order valence-electron chi connectivity index (χ3n) is 2.21. The molecule has 1 atom stereocenters. The predicted octanol–water partition coefficient (Wildman–Crippen LogP) is 0.882. The van der Waals surface area contributed by atoms with Crippen LogP contribution in [0.3, 0.4) is 0 Å². The fourth-order valence-corrected chi connectivity index (χ4v) is 1.27. The molecule has 2 N–H and O–H groups in total. The molecule has 0 aliphatic heterocycles. The number of hydrogen-bond acceptors (Lipinski definition) is 4. The van der Waals surface area contributed by atoms with Gasteiger partial charge in [-0.2, -0.15) is 0 Å². The first-order valence-corrected chi connectivity index (χ1v) is 5.75. The van der Waals surface area contributed by atoms with Gasteiger partial charge in [0.15, 0.2) is 0 Å². The van der Waals surface area contributed by atoms with Gasteiger partial charge < -0.3 is 19.9 Å². The van der Waals surface area contributed by atoms with Gasteiger partial charge in [0.1, 0.15) is 6.04 Å². The molecule has 0 saturated carbocycles. The lowest BCUT2D eigenvalue weighted by Gasteiger charge is -2.13. The van der Waals surface area contributed by atoms with Gasteiger partial charge >= 0.3 is 5.97 Å². The quantitative estimate of drug-likeness (QED) is 0.519. The summed E-state index contributed by atoms with van der Waals surface area (Å²) in [6.45, 7) is 4.24. The zero-order valence-electron chi connectivity index (χ0n) is 10.2. The average Bonchev–Trinajstić information content (AvgIpc) is 2.26. The second-order valence-corrected chi connectivity index (χ2v) is 3.59. The van der Waals surface area contributed by atoms with Gasteiger partial charge in [0, 0.05) is 13.7 Å². The summed E-state index contributed by atoms with van der Waals surface area (Å²) in [7, 11) is 1.62. The lowest BCUT2D eigenvalue weighted by atomic mass is 10.1. The molecule has 0 rings (SSSR count). The Hall–Kier alpha value is -0.650. The summed E-state index contributed by atoms with van der Waals surface area (Å²) >= 11 is 0. The Kier molecular flexibility index (Phi) is 10.4. The number of carboxylic acids is 1. The van der Waals surface area contributed by atoms with E-state index in [2.05, 4.69) is 5.32 Å². The molecular formula is C11H23NO4. The van der Waals surface area contributed by atoms with Crippen LogP contribution in [0.5, 0.6) is 0 Å². The first-order chi connectivity index (χ1) is 7.72. The van der Waals surface area contributed by atoms with E-state index in [0.717, 1.165) is 12.8 Å². The van der Waals surface area contributed by atoms with Crippen LogP contribution >= 0.6 is 0 Å². The molecule has 0 heterocycles. The molecule has 0 aromatic carbocycles. The van der Waals surface area contributed by atoms with Gasteiger partial charge in [-0.15, -0.1) is 0 Å². The van der Waals surface area contributed by atoms with Crippen molar-refractivity contribution in [3.05, 3.63) is 0 Å². The molecule has 0 saturated heterocycles. The smallest absolute Gasteiger partial charge is 0.320 e. The molecule has 0 bridgehead atoms.